The van der Waals surface area contributed by atoms with Gasteiger partial charge in [0.25, 0.3) is 0 Å². The number of hydrogen-bond acceptors (Lipinski definition) is 5. The van der Waals surface area contributed by atoms with Crippen LogP contribution in [0.25, 0.3) is 0 Å². The van der Waals surface area contributed by atoms with Crippen molar-refractivity contribution in [1.82, 2.24) is 14.9 Å². The Morgan fingerprint density at radius 2 is 1.95 bits per heavy atom. The summed E-state index contributed by atoms with van der Waals surface area (Å²) in [6.45, 7) is 8.37. The fraction of sp³-hybridized carbons (Fsp3) is 0.643. The molecule has 0 fully saturated rings. The van der Waals surface area contributed by atoms with Gasteiger partial charge in [0.2, 0.25) is 5.91 Å². The lowest BCUT2D eigenvalue weighted by Crippen LogP contribution is -2.39. The normalized spacial score (nSPS) is 10.5. The van der Waals surface area contributed by atoms with Crippen LogP contribution in [0.4, 0.5) is 5.82 Å². The molecule has 0 bridgehead atoms. The van der Waals surface area contributed by atoms with Gasteiger partial charge in [-0.05, 0) is 20.8 Å². The van der Waals surface area contributed by atoms with Crippen LogP contribution in [0, 0.1) is 0 Å². The van der Waals surface area contributed by atoms with Gasteiger partial charge in [0.15, 0.2) is 5.82 Å². The fourth-order valence-electron chi connectivity index (χ4n) is 1.87. The Hall–Kier alpha value is -1.40. The molecular weight excluding hydrogens is 292 g/mol. The smallest absolute Gasteiger partial charge is 0.242 e. The largest absolute Gasteiger partial charge is 0.374 e. The molecule has 0 atom stereocenters. The van der Waals surface area contributed by atoms with E-state index in [1.165, 1.54) is 0 Å². The maximum Gasteiger partial charge on any atom is 0.242 e. The summed E-state index contributed by atoms with van der Waals surface area (Å²) in [5, 5.41) is 0.344. The summed E-state index contributed by atoms with van der Waals surface area (Å²) in [7, 11) is 1.81. The number of carbonyl (C=O) groups excluding carboxylic acids is 1. The Morgan fingerprint density at radius 3 is 2.52 bits per heavy atom. The minimum Gasteiger partial charge on any atom is -0.374 e. The molecular formula is C14H23ClN4O2. The van der Waals surface area contributed by atoms with Gasteiger partial charge in [-0.3, -0.25) is 4.79 Å². The molecule has 1 aromatic heterocycles. The standard InChI is InChI=1S/C14H23ClN4O2/c1-5-19(6-2)14(20)9-18(4)13-8-11(15)16-12(17-13)10-21-7-3/h8H,5-7,9-10H2,1-4H3. The van der Waals surface area contributed by atoms with Gasteiger partial charge in [-0.15, -0.1) is 0 Å². The molecule has 0 aliphatic carbocycles. The Balaban J connectivity index is 2.79. The summed E-state index contributed by atoms with van der Waals surface area (Å²) in [4.78, 5) is 24.1. The molecule has 6 nitrogen and oxygen atoms in total. The first-order chi connectivity index (χ1) is 10.0. The third-order valence-corrected chi connectivity index (χ3v) is 3.24. The van der Waals surface area contributed by atoms with Crippen molar-refractivity contribution in [2.45, 2.75) is 27.4 Å². The Labute approximate surface area is 131 Å². The highest BCUT2D eigenvalue weighted by molar-refractivity contribution is 6.29. The van der Waals surface area contributed by atoms with E-state index < -0.39 is 0 Å². The molecule has 118 valence electrons. The van der Waals surface area contributed by atoms with Crippen LogP contribution < -0.4 is 4.90 Å². The van der Waals surface area contributed by atoms with Crippen molar-refractivity contribution in [2.75, 3.05) is 38.2 Å². The number of aromatic nitrogens is 2. The number of rotatable bonds is 8. The lowest BCUT2D eigenvalue weighted by Gasteiger charge is -2.24. The van der Waals surface area contributed by atoms with Crippen molar-refractivity contribution in [3.63, 3.8) is 0 Å². The van der Waals surface area contributed by atoms with Crippen molar-refractivity contribution in [3.8, 4) is 0 Å². The average molecular weight is 315 g/mol. The van der Waals surface area contributed by atoms with Crippen molar-refractivity contribution in [2.24, 2.45) is 0 Å². The molecule has 0 saturated carbocycles. The highest BCUT2D eigenvalue weighted by atomic mass is 35.5. The average Bonchev–Trinajstić information content (AvgIpc) is 2.45. The lowest BCUT2D eigenvalue weighted by molar-refractivity contribution is -0.129. The van der Waals surface area contributed by atoms with Gasteiger partial charge in [-0.25, -0.2) is 9.97 Å². The van der Waals surface area contributed by atoms with Crippen LogP contribution >= 0.6 is 11.6 Å². The van der Waals surface area contributed by atoms with Gasteiger partial charge in [0.05, 0.1) is 6.54 Å². The number of carbonyl (C=O) groups is 1. The molecule has 0 saturated heterocycles. The van der Waals surface area contributed by atoms with E-state index in [0.717, 1.165) is 0 Å². The number of likely N-dealkylation sites (N-methyl/N-ethyl adjacent to an activating group) is 2. The minimum absolute atomic E-state index is 0.0589. The summed E-state index contributed by atoms with van der Waals surface area (Å²) in [6.07, 6.45) is 0. The number of anilines is 1. The number of ether oxygens (including phenoxy) is 1. The second-order valence-corrected chi connectivity index (χ2v) is 4.91. The van der Waals surface area contributed by atoms with Gasteiger partial charge < -0.3 is 14.5 Å². The minimum atomic E-state index is 0.0589. The number of hydrogen-bond donors (Lipinski definition) is 0. The molecule has 1 heterocycles. The van der Waals surface area contributed by atoms with E-state index in [9.17, 15) is 4.79 Å². The zero-order valence-corrected chi connectivity index (χ0v) is 13.9. The SMILES string of the molecule is CCOCc1nc(Cl)cc(N(C)CC(=O)N(CC)CC)n1. The van der Waals surface area contributed by atoms with E-state index in [-0.39, 0.29) is 12.5 Å². The number of halogens is 1. The van der Waals surface area contributed by atoms with Crippen LogP contribution in [0.5, 0.6) is 0 Å². The highest BCUT2D eigenvalue weighted by Crippen LogP contribution is 2.15. The quantitative estimate of drug-likeness (QED) is 0.687. The van der Waals surface area contributed by atoms with Crippen LogP contribution in [0.1, 0.15) is 26.6 Å². The molecule has 1 rings (SSSR count). The first-order valence-electron chi connectivity index (χ1n) is 7.11. The van der Waals surface area contributed by atoms with Crippen LogP contribution in [-0.4, -0.2) is 54.1 Å². The van der Waals surface area contributed by atoms with E-state index in [0.29, 0.717) is 43.1 Å². The third-order valence-electron chi connectivity index (χ3n) is 3.04. The maximum atomic E-state index is 12.1. The Kier molecular flexibility index (Phi) is 7.39. The van der Waals surface area contributed by atoms with E-state index in [1.807, 2.05) is 27.8 Å². The molecule has 21 heavy (non-hydrogen) atoms. The fourth-order valence-corrected chi connectivity index (χ4v) is 2.06. The molecule has 0 spiro atoms. The summed E-state index contributed by atoms with van der Waals surface area (Å²) < 4.78 is 5.29. The van der Waals surface area contributed by atoms with Crippen LogP contribution in [0.3, 0.4) is 0 Å². The van der Waals surface area contributed by atoms with Crippen LogP contribution in [0.2, 0.25) is 5.15 Å². The highest BCUT2D eigenvalue weighted by Gasteiger charge is 2.15. The lowest BCUT2D eigenvalue weighted by atomic mass is 10.4. The zero-order valence-electron chi connectivity index (χ0n) is 13.1. The van der Waals surface area contributed by atoms with E-state index in [4.69, 9.17) is 16.3 Å². The molecule has 1 aromatic rings. The second-order valence-electron chi connectivity index (χ2n) is 4.52. The van der Waals surface area contributed by atoms with Gasteiger partial charge in [-0.2, -0.15) is 0 Å². The number of nitrogens with zero attached hydrogens (tertiary/aromatic N) is 4. The van der Waals surface area contributed by atoms with Crippen LogP contribution in [-0.2, 0) is 16.1 Å². The van der Waals surface area contributed by atoms with Gasteiger partial charge in [-0.1, -0.05) is 11.6 Å². The molecule has 0 radical (unpaired) electrons. The van der Waals surface area contributed by atoms with E-state index in [1.54, 1.807) is 15.9 Å². The first-order valence-corrected chi connectivity index (χ1v) is 7.49. The Morgan fingerprint density at radius 1 is 1.29 bits per heavy atom. The van der Waals surface area contributed by atoms with E-state index in [2.05, 4.69) is 9.97 Å². The molecule has 0 aliphatic heterocycles. The van der Waals surface area contributed by atoms with Crippen molar-refractivity contribution < 1.29 is 9.53 Å². The second kappa shape index (κ2) is 8.79. The molecule has 0 N–H and O–H groups in total. The van der Waals surface area contributed by atoms with E-state index >= 15 is 0 Å². The first kappa shape index (κ1) is 17.7. The van der Waals surface area contributed by atoms with Crippen molar-refractivity contribution in [1.29, 1.82) is 0 Å². The maximum absolute atomic E-state index is 12.1. The Bertz CT molecular complexity index is 466. The topological polar surface area (TPSA) is 58.6 Å². The molecule has 0 unspecified atom stereocenters. The molecule has 0 aliphatic rings. The van der Waals surface area contributed by atoms with Crippen molar-refractivity contribution >= 4 is 23.3 Å². The zero-order chi connectivity index (χ0) is 15.8. The van der Waals surface area contributed by atoms with Crippen LogP contribution in [0.15, 0.2) is 6.07 Å². The van der Waals surface area contributed by atoms with Crippen molar-refractivity contribution in [3.05, 3.63) is 17.0 Å². The van der Waals surface area contributed by atoms with Gasteiger partial charge in [0, 0.05) is 32.8 Å². The summed E-state index contributed by atoms with van der Waals surface area (Å²) >= 11 is 6.00. The van der Waals surface area contributed by atoms with Gasteiger partial charge in [0.1, 0.15) is 17.6 Å². The predicted octanol–water partition coefficient (Wildman–Crippen LogP) is 1.97. The van der Waals surface area contributed by atoms with Gasteiger partial charge >= 0.3 is 0 Å². The predicted molar refractivity (Wildman–Crippen MR) is 83.6 cm³/mol. The molecule has 1 amide bonds. The number of amides is 1. The summed E-state index contributed by atoms with van der Waals surface area (Å²) in [5.41, 5.74) is 0. The third kappa shape index (κ3) is 5.47. The summed E-state index contributed by atoms with van der Waals surface area (Å²) in [6, 6.07) is 1.65. The molecule has 0 aromatic carbocycles. The molecule has 7 heteroatoms. The monoisotopic (exact) mass is 314 g/mol. The summed E-state index contributed by atoms with van der Waals surface area (Å²) in [5.74, 6) is 1.19.